The van der Waals surface area contributed by atoms with E-state index in [1.54, 1.807) is 12.3 Å². The summed E-state index contributed by atoms with van der Waals surface area (Å²) in [5.41, 5.74) is 1.93. The number of hydrogen-bond donors (Lipinski definition) is 2. The SMILES string of the molecule is Cc1ccnc(C(C)C)c1NC(=O)c1cc(F)c(Cl)nc1NC=O. The lowest BCUT2D eigenvalue weighted by molar-refractivity contribution is -0.105. The van der Waals surface area contributed by atoms with Crippen molar-refractivity contribution >= 4 is 35.4 Å². The third kappa shape index (κ3) is 3.68. The second-order valence-electron chi connectivity index (χ2n) is 5.42. The highest BCUT2D eigenvalue weighted by molar-refractivity contribution is 6.30. The molecule has 2 aromatic rings. The maximum absolute atomic E-state index is 13.7. The monoisotopic (exact) mass is 350 g/mol. The number of aromatic nitrogens is 2. The van der Waals surface area contributed by atoms with Crippen LogP contribution in [0.15, 0.2) is 18.3 Å². The average Bonchev–Trinajstić information content (AvgIpc) is 2.52. The molecule has 24 heavy (non-hydrogen) atoms. The largest absolute Gasteiger partial charge is 0.320 e. The number of carbonyl (C=O) groups excluding carboxylic acids is 2. The highest BCUT2D eigenvalue weighted by atomic mass is 35.5. The van der Waals surface area contributed by atoms with Crippen molar-refractivity contribution in [2.45, 2.75) is 26.7 Å². The van der Waals surface area contributed by atoms with Crippen molar-refractivity contribution in [3.63, 3.8) is 0 Å². The van der Waals surface area contributed by atoms with Gasteiger partial charge >= 0.3 is 0 Å². The van der Waals surface area contributed by atoms with E-state index in [4.69, 9.17) is 11.6 Å². The van der Waals surface area contributed by atoms with Crippen LogP contribution >= 0.6 is 11.6 Å². The van der Waals surface area contributed by atoms with E-state index in [0.29, 0.717) is 17.8 Å². The molecule has 0 saturated heterocycles. The first kappa shape index (κ1) is 17.8. The molecule has 2 aromatic heterocycles. The Morgan fingerprint density at radius 1 is 1.42 bits per heavy atom. The van der Waals surface area contributed by atoms with Crippen molar-refractivity contribution in [3.8, 4) is 0 Å². The maximum atomic E-state index is 13.7. The number of aryl methyl sites for hydroxylation is 1. The molecule has 0 aliphatic heterocycles. The zero-order chi connectivity index (χ0) is 17.9. The summed E-state index contributed by atoms with van der Waals surface area (Å²) >= 11 is 5.59. The Balaban J connectivity index is 2.45. The van der Waals surface area contributed by atoms with Crippen molar-refractivity contribution in [3.05, 3.63) is 46.1 Å². The van der Waals surface area contributed by atoms with Crippen LogP contribution < -0.4 is 10.6 Å². The van der Waals surface area contributed by atoms with E-state index in [1.165, 1.54) is 0 Å². The van der Waals surface area contributed by atoms with Crippen LogP contribution in [0.3, 0.4) is 0 Å². The smallest absolute Gasteiger partial charge is 0.259 e. The summed E-state index contributed by atoms with van der Waals surface area (Å²) in [7, 11) is 0. The van der Waals surface area contributed by atoms with Gasteiger partial charge in [0.15, 0.2) is 11.0 Å². The van der Waals surface area contributed by atoms with Gasteiger partial charge in [0.05, 0.1) is 16.9 Å². The molecule has 2 heterocycles. The second-order valence-corrected chi connectivity index (χ2v) is 5.77. The first-order valence-corrected chi connectivity index (χ1v) is 7.56. The van der Waals surface area contributed by atoms with E-state index < -0.39 is 16.9 Å². The molecule has 0 aliphatic rings. The lowest BCUT2D eigenvalue weighted by Gasteiger charge is -2.16. The van der Waals surface area contributed by atoms with Crippen LogP contribution in [0.5, 0.6) is 0 Å². The predicted molar refractivity (Wildman–Crippen MR) is 89.9 cm³/mol. The molecule has 0 aromatic carbocycles. The van der Waals surface area contributed by atoms with Crippen molar-refractivity contribution < 1.29 is 14.0 Å². The molecule has 0 fully saturated rings. The number of pyridine rings is 2. The highest BCUT2D eigenvalue weighted by Gasteiger charge is 2.20. The zero-order valence-electron chi connectivity index (χ0n) is 13.4. The Labute approximate surface area is 143 Å². The summed E-state index contributed by atoms with van der Waals surface area (Å²) in [6.45, 7) is 5.72. The quantitative estimate of drug-likeness (QED) is 0.638. The van der Waals surface area contributed by atoms with Gasteiger partial charge in [-0.1, -0.05) is 25.4 Å². The van der Waals surface area contributed by atoms with Crippen molar-refractivity contribution in [1.82, 2.24) is 9.97 Å². The van der Waals surface area contributed by atoms with E-state index in [0.717, 1.165) is 11.6 Å². The van der Waals surface area contributed by atoms with Gasteiger partial charge < -0.3 is 10.6 Å². The minimum atomic E-state index is -0.856. The molecular weight excluding hydrogens is 335 g/mol. The molecule has 126 valence electrons. The minimum absolute atomic E-state index is 0.0767. The van der Waals surface area contributed by atoms with E-state index >= 15 is 0 Å². The maximum Gasteiger partial charge on any atom is 0.259 e. The number of halogens is 2. The van der Waals surface area contributed by atoms with E-state index in [1.807, 2.05) is 20.8 Å². The number of carbonyl (C=O) groups is 2. The Morgan fingerprint density at radius 2 is 2.12 bits per heavy atom. The van der Waals surface area contributed by atoms with Crippen LogP contribution in [0.1, 0.15) is 41.4 Å². The van der Waals surface area contributed by atoms with Crippen molar-refractivity contribution in [2.24, 2.45) is 0 Å². The molecule has 0 aliphatic carbocycles. The molecule has 0 bridgehead atoms. The third-order valence-electron chi connectivity index (χ3n) is 3.35. The van der Waals surface area contributed by atoms with Crippen LogP contribution in [0.4, 0.5) is 15.9 Å². The molecule has 0 radical (unpaired) electrons. The van der Waals surface area contributed by atoms with Crippen molar-refractivity contribution in [2.75, 3.05) is 10.6 Å². The summed E-state index contributed by atoms with van der Waals surface area (Å²) in [4.78, 5) is 31.2. The number of nitrogens with one attached hydrogen (secondary N) is 2. The molecule has 0 spiro atoms. The predicted octanol–water partition coefficient (Wildman–Crippen LogP) is 3.52. The standard InChI is InChI=1S/C16H16ClFN4O2/c1-8(2)12-13(9(3)4-5-19-12)21-16(24)10-6-11(18)14(17)22-15(10)20-7-23/h4-8H,1-3H3,(H,21,24)(H,20,22,23). The van der Waals surface area contributed by atoms with Crippen molar-refractivity contribution in [1.29, 1.82) is 0 Å². The summed E-state index contributed by atoms with van der Waals surface area (Å²) < 4.78 is 13.7. The number of rotatable bonds is 5. The lowest BCUT2D eigenvalue weighted by atomic mass is 10.0. The molecular formula is C16H16ClFN4O2. The highest BCUT2D eigenvalue weighted by Crippen LogP contribution is 2.27. The molecule has 2 N–H and O–H groups in total. The number of nitrogens with zero attached hydrogens (tertiary/aromatic N) is 2. The summed E-state index contributed by atoms with van der Waals surface area (Å²) in [6, 6.07) is 2.68. The molecule has 2 amide bonds. The van der Waals surface area contributed by atoms with Crippen LogP contribution in [0, 0.1) is 12.7 Å². The molecule has 2 rings (SSSR count). The van der Waals surface area contributed by atoms with Gasteiger partial charge in [-0.05, 0) is 30.5 Å². The third-order valence-corrected chi connectivity index (χ3v) is 3.61. The second kappa shape index (κ2) is 7.35. The van der Waals surface area contributed by atoms with Gasteiger partial charge in [-0.3, -0.25) is 14.6 Å². The minimum Gasteiger partial charge on any atom is -0.320 e. The van der Waals surface area contributed by atoms with Crippen LogP contribution in [-0.2, 0) is 4.79 Å². The summed E-state index contributed by atoms with van der Waals surface area (Å²) in [5.74, 6) is -1.53. The number of anilines is 2. The topological polar surface area (TPSA) is 84.0 Å². The van der Waals surface area contributed by atoms with E-state index in [-0.39, 0.29) is 17.3 Å². The van der Waals surface area contributed by atoms with E-state index in [9.17, 15) is 14.0 Å². The molecule has 0 atom stereocenters. The van der Waals surface area contributed by atoms with Crippen LogP contribution in [0.2, 0.25) is 5.15 Å². The van der Waals surface area contributed by atoms with Crippen LogP contribution in [-0.4, -0.2) is 22.3 Å². The fourth-order valence-electron chi connectivity index (χ4n) is 2.17. The molecule has 6 nitrogen and oxygen atoms in total. The molecule has 0 saturated carbocycles. The fraction of sp³-hybridized carbons (Fsp3) is 0.250. The first-order chi connectivity index (χ1) is 11.3. The summed E-state index contributed by atoms with van der Waals surface area (Å²) in [6.07, 6.45) is 1.99. The van der Waals surface area contributed by atoms with Gasteiger partial charge in [0.1, 0.15) is 5.82 Å². The van der Waals surface area contributed by atoms with E-state index in [2.05, 4.69) is 20.6 Å². The van der Waals surface area contributed by atoms with Gasteiger partial charge in [-0.25, -0.2) is 9.37 Å². The molecule has 8 heteroatoms. The number of amides is 2. The fourth-order valence-corrected chi connectivity index (χ4v) is 2.30. The Morgan fingerprint density at radius 3 is 2.75 bits per heavy atom. The van der Waals surface area contributed by atoms with Gasteiger partial charge in [0.25, 0.3) is 5.91 Å². The van der Waals surface area contributed by atoms with Crippen LogP contribution in [0.25, 0.3) is 0 Å². The normalized spacial score (nSPS) is 10.6. The lowest BCUT2D eigenvalue weighted by Crippen LogP contribution is -2.18. The first-order valence-electron chi connectivity index (χ1n) is 7.18. The molecule has 0 unspecified atom stereocenters. The Kier molecular flexibility index (Phi) is 5.46. The average molecular weight is 351 g/mol. The summed E-state index contributed by atoms with van der Waals surface area (Å²) in [5, 5.41) is 4.52. The van der Waals surface area contributed by atoms with Gasteiger partial charge in [-0.2, -0.15) is 0 Å². The van der Waals surface area contributed by atoms with Gasteiger partial charge in [-0.15, -0.1) is 0 Å². The number of hydrogen-bond acceptors (Lipinski definition) is 4. The van der Waals surface area contributed by atoms with Gasteiger partial charge in [0.2, 0.25) is 6.41 Å². The Hall–Kier alpha value is -2.54. The Bertz CT molecular complexity index is 796. The van der Waals surface area contributed by atoms with Gasteiger partial charge in [0, 0.05) is 6.20 Å². The zero-order valence-corrected chi connectivity index (χ0v) is 14.1.